The summed E-state index contributed by atoms with van der Waals surface area (Å²) in [4.78, 5) is 0. The minimum absolute atomic E-state index is 0.153. The van der Waals surface area contributed by atoms with Gasteiger partial charge in [-0.05, 0) is 0 Å². The van der Waals surface area contributed by atoms with E-state index in [2.05, 4.69) is 55.2 Å². The zero-order chi connectivity index (χ0) is 10.2. The van der Waals surface area contributed by atoms with Crippen LogP contribution in [-0.4, -0.2) is 17.2 Å². The molecule has 0 bridgehead atoms. The van der Waals surface area contributed by atoms with Crippen molar-refractivity contribution in [3.8, 4) is 0 Å². The van der Waals surface area contributed by atoms with E-state index < -0.39 is 0 Å². The molecule has 0 amide bonds. The van der Waals surface area contributed by atoms with Gasteiger partial charge >= 0.3 is 84.7 Å². The van der Waals surface area contributed by atoms with Gasteiger partial charge < -0.3 is 0 Å². The van der Waals surface area contributed by atoms with E-state index >= 15 is 0 Å². The molecule has 1 unspecified atom stereocenters. The fraction of sp³-hybridized carbons (Fsp3) is 0.455. The van der Waals surface area contributed by atoms with Gasteiger partial charge in [-0.3, -0.25) is 0 Å². The molecule has 1 aliphatic rings. The first-order valence-electron chi connectivity index (χ1n) is 5.04. The quantitative estimate of drug-likeness (QED) is 0.716. The number of aromatic nitrogens is 2. The molecular weight excluding hydrogens is 171 g/mol. The molecule has 1 aromatic heterocycles. The second kappa shape index (κ2) is 3.23. The van der Waals surface area contributed by atoms with Gasteiger partial charge in [-0.1, -0.05) is 0 Å². The second-order valence-corrected chi connectivity index (χ2v) is 4.43. The number of aromatic amines is 1. The predicted octanol–water partition coefficient (Wildman–Crippen LogP) is 2.45. The Morgan fingerprint density at radius 1 is 1.36 bits per heavy atom. The Bertz CT molecular complexity index is 359. The van der Waals surface area contributed by atoms with Gasteiger partial charge in [0.1, 0.15) is 0 Å². The van der Waals surface area contributed by atoms with Crippen molar-refractivity contribution in [3.05, 3.63) is 23.3 Å². The zero-order valence-corrected chi connectivity index (χ0v) is 8.91. The molecule has 2 nitrogen and oxygen atoms in total. The summed E-state index contributed by atoms with van der Waals surface area (Å²) in [6.07, 6.45) is 8.79. The summed E-state index contributed by atoms with van der Waals surface area (Å²) < 4.78 is 0. The van der Waals surface area contributed by atoms with Crippen LogP contribution in [-0.2, 0) is 0 Å². The van der Waals surface area contributed by atoms with Crippen LogP contribution in [0.4, 0.5) is 0 Å². The van der Waals surface area contributed by atoms with Crippen LogP contribution in [0.15, 0.2) is 12.2 Å². The van der Waals surface area contributed by atoms with Gasteiger partial charge in [-0.15, -0.1) is 0 Å². The molecule has 14 heavy (non-hydrogen) atoms. The first kappa shape index (κ1) is 9.44. The Balaban J connectivity index is 2.42. The number of H-pyrrole nitrogens is 1. The van der Waals surface area contributed by atoms with Crippen LogP contribution in [0.2, 0.25) is 0 Å². The Labute approximate surface area is 85.4 Å². The van der Waals surface area contributed by atoms with Gasteiger partial charge in [-0.25, -0.2) is 0 Å². The van der Waals surface area contributed by atoms with E-state index in [4.69, 9.17) is 0 Å². The van der Waals surface area contributed by atoms with Crippen molar-refractivity contribution in [2.45, 2.75) is 20.8 Å². The monoisotopic (exact) mass is 186 g/mol. The molecule has 0 fully saturated rings. The van der Waals surface area contributed by atoms with Crippen LogP contribution in [0.1, 0.15) is 31.9 Å². The van der Waals surface area contributed by atoms with Crippen LogP contribution in [0, 0.1) is 11.3 Å². The molecule has 1 heterocycles. The zero-order valence-electron chi connectivity index (χ0n) is 8.91. The van der Waals surface area contributed by atoms with Crippen LogP contribution < -0.4 is 0 Å². The summed E-state index contributed by atoms with van der Waals surface area (Å²) in [5.74, 6) is 0.604. The van der Waals surface area contributed by atoms with Crippen molar-refractivity contribution in [2.24, 2.45) is 11.3 Å². The van der Waals surface area contributed by atoms with Crippen molar-refractivity contribution in [2.75, 3.05) is 0 Å². The van der Waals surface area contributed by atoms with E-state index in [1.165, 1.54) is 5.46 Å². The summed E-state index contributed by atoms with van der Waals surface area (Å²) in [5, 5.41) is 7.00. The van der Waals surface area contributed by atoms with Crippen LogP contribution in [0.3, 0.4) is 0 Å². The predicted molar refractivity (Wildman–Crippen MR) is 60.9 cm³/mol. The van der Waals surface area contributed by atoms with Gasteiger partial charge in [0.15, 0.2) is 0 Å². The third-order valence-corrected chi connectivity index (χ3v) is 3.17. The molecule has 0 saturated carbocycles. The van der Waals surface area contributed by atoms with Crippen molar-refractivity contribution >= 4 is 19.2 Å². The van der Waals surface area contributed by atoms with E-state index in [1.807, 2.05) is 7.05 Å². The molecule has 3 heteroatoms. The van der Waals surface area contributed by atoms with Crippen molar-refractivity contribution in [3.63, 3.8) is 0 Å². The Morgan fingerprint density at radius 2 is 2.07 bits per heavy atom. The van der Waals surface area contributed by atoms with Gasteiger partial charge in [0.25, 0.3) is 0 Å². The van der Waals surface area contributed by atoms with Crippen molar-refractivity contribution in [1.82, 2.24) is 10.1 Å². The van der Waals surface area contributed by atoms with E-state index in [1.54, 1.807) is 0 Å². The molecule has 2 rings (SSSR count). The van der Waals surface area contributed by atoms with E-state index in [0.717, 1.165) is 5.69 Å². The number of hydrogen-bond donors (Lipinski definition) is 1. The van der Waals surface area contributed by atoms with Gasteiger partial charge in [0.2, 0.25) is 0 Å². The molecule has 1 aromatic rings. The van der Waals surface area contributed by atoms with Gasteiger partial charge in [0.05, 0.1) is 0 Å². The van der Waals surface area contributed by atoms with E-state index in [-0.39, 0.29) is 5.41 Å². The maximum absolute atomic E-state index is 4.01. The summed E-state index contributed by atoms with van der Waals surface area (Å²) in [5.41, 5.74) is 2.43. The van der Waals surface area contributed by atoms with Crippen LogP contribution in [0.25, 0.3) is 12.2 Å². The molecule has 1 aliphatic carbocycles. The normalized spacial score (nSPS) is 24.9. The van der Waals surface area contributed by atoms with Crippen molar-refractivity contribution in [1.29, 1.82) is 0 Å². The average Bonchev–Trinajstić information content (AvgIpc) is 2.53. The van der Waals surface area contributed by atoms with Crippen LogP contribution >= 0.6 is 0 Å². The molecule has 0 radical (unpaired) electrons. The summed E-state index contributed by atoms with van der Waals surface area (Å²) in [6, 6.07) is 0. The number of nitrogens with zero attached hydrogens (tertiary/aromatic N) is 1. The van der Waals surface area contributed by atoms with Crippen LogP contribution in [0.5, 0.6) is 0 Å². The molecule has 0 aliphatic heterocycles. The summed E-state index contributed by atoms with van der Waals surface area (Å²) in [6.45, 7) is 6.74. The summed E-state index contributed by atoms with van der Waals surface area (Å²) >= 11 is 0. The SMILES string of the molecule is CC(C)C1(C)C=Cc2bn[nH]c2C=C1. The number of rotatable bonds is 1. The molecule has 0 saturated heterocycles. The number of fused-ring (bicyclic) bond motifs is 1. The number of hydrogen-bond acceptors (Lipinski definition) is 1. The van der Waals surface area contributed by atoms with E-state index in [0.29, 0.717) is 5.92 Å². The Morgan fingerprint density at radius 3 is 2.79 bits per heavy atom. The fourth-order valence-electron chi connectivity index (χ4n) is 1.54. The molecular formula is C11H15BN2. The topological polar surface area (TPSA) is 28.7 Å². The fourth-order valence-corrected chi connectivity index (χ4v) is 1.54. The second-order valence-electron chi connectivity index (χ2n) is 4.43. The van der Waals surface area contributed by atoms with Gasteiger partial charge in [-0.2, -0.15) is 0 Å². The summed E-state index contributed by atoms with van der Waals surface area (Å²) in [7, 11) is 1.86. The molecule has 72 valence electrons. The maximum atomic E-state index is 4.01. The Hall–Kier alpha value is -1.12. The molecule has 0 spiro atoms. The standard InChI is InChI=1S/C11H15BN2/c1-8(2)11(3)6-4-9-10(5-7-11)13-14-12-9/h4-8,13H,1-3H3. The third-order valence-electron chi connectivity index (χ3n) is 3.17. The van der Waals surface area contributed by atoms with Crippen molar-refractivity contribution < 1.29 is 0 Å². The first-order valence-corrected chi connectivity index (χ1v) is 5.04. The first-order chi connectivity index (χ1) is 6.62. The van der Waals surface area contributed by atoms with Gasteiger partial charge in [0, 0.05) is 0 Å². The number of nitrogens with one attached hydrogen (secondary N) is 1. The number of allylic oxidation sites excluding steroid dienone is 2. The molecule has 1 N–H and O–H groups in total. The Kier molecular flexibility index (Phi) is 2.18. The average molecular weight is 186 g/mol. The molecule has 1 atom stereocenters. The minimum atomic E-state index is 0.153. The van der Waals surface area contributed by atoms with E-state index in [9.17, 15) is 0 Å². The molecule has 0 aromatic carbocycles. The third kappa shape index (κ3) is 1.47.